The van der Waals surface area contributed by atoms with E-state index >= 15 is 0 Å². The van der Waals surface area contributed by atoms with Crippen LogP contribution in [0.1, 0.15) is 17.9 Å². The number of hydrogen-bond donors (Lipinski definition) is 2. The number of halogens is 1. The van der Waals surface area contributed by atoms with Crippen molar-refractivity contribution in [3.63, 3.8) is 0 Å². The number of H-pyrrole nitrogens is 1. The first-order valence-corrected chi connectivity index (χ1v) is 10.4. The van der Waals surface area contributed by atoms with Crippen LogP contribution in [0.5, 0.6) is 0 Å². The van der Waals surface area contributed by atoms with Crippen molar-refractivity contribution in [2.75, 3.05) is 19.7 Å². The van der Waals surface area contributed by atoms with Gasteiger partial charge in [-0.1, -0.05) is 36.4 Å². The van der Waals surface area contributed by atoms with Crippen LogP contribution in [0.25, 0.3) is 10.9 Å². The molecule has 5 nitrogen and oxygen atoms in total. The third-order valence-corrected chi connectivity index (χ3v) is 7.28. The lowest BCUT2D eigenvalue weighted by Gasteiger charge is -2.37. The highest BCUT2D eigenvalue weighted by Crippen LogP contribution is 2.36. The molecule has 142 valence electrons. The monoisotopic (exact) mass is 388 g/mol. The fourth-order valence-electron chi connectivity index (χ4n) is 3.99. The van der Waals surface area contributed by atoms with Crippen molar-refractivity contribution in [3.05, 3.63) is 66.1 Å². The maximum absolute atomic E-state index is 14.3. The molecular formula is C20H21FN2O3S. The molecule has 3 aromatic rings. The summed E-state index contributed by atoms with van der Waals surface area (Å²) in [6.07, 6.45) is 1.96. The molecule has 1 aliphatic heterocycles. The second-order valence-corrected chi connectivity index (χ2v) is 8.83. The molecule has 27 heavy (non-hydrogen) atoms. The van der Waals surface area contributed by atoms with Gasteiger partial charge in [0.15, 0.2) is 0 Å². The first kappa shape index (κ1) is 18.2. The Morgan fingerprint density at radius 1 is 1.15 bits per heavy atom. The first-order valence-electron chi connectivity index (χ1n) is 8.94. The van der Waals surface area contributed by atoms with Crippen molar-refractivity contribution in [1.82, 2.24) is 9.29 Å². The number of aliphatic hydroxyl groups excluding tert-OH is 1. The number of hydrogen-bond acceptors (Lipinski definition) is 3. The van der Waals surface area contributed by atoms with Gasteiger partial charge in [-0.15, -0.1) is 0 Å². The lowest BCUT2D eigenvalue weighted by Crippen LogP contribution is -2.44. The minimum Gasteiger partial charge on any atom is -0.396 e. The highest BCUT2D eigenvalue weighted by molar-refractivity contribution is 7.89. The first-order chi connectivity index (χ1) is 13.0. The minimum atomic E-state index is -3.87. The molecule has 0 amide bonds. The second kappa shape index (κ2) is 7.07. The van der Waals surface area contributed by atoms with Crippen molar-refractivity contribution in [2.45, 2.75) is 17.2 Å². The van der Waals surface area contributed by atoms with Gasteiger partial charge in [-0.05, 0) is 30.0 Å². The Bertz CT molecular complexity index is 1050. The van der Waals surface area contributed by atoms with Gasteiger partial charge in [0.1, 0.15) is 10.7 Å². The Morgan fingerprint density at radius 3 is 2.67 bits per heavy atom. The fourth-order valence-corrected chi connectivity index (χ4v) is 5.68. The van der Waals surface area contributed by atoms with Gasteiger partial charge in [0.05, 0.1) is 5.39 Å². The molecule has 0 aliphatic carbocycles. The van der Waals surface area contributed by atoms with Crippen LogP contribution in [0.15, 0.2) is 59.6 Å². The molecule has 4 rings (SSSR count). The van der Waals surface area contributed by atoms with Crippen molar-refractivity contribution in [2.24, 2.45) is 5.92 Å². The number of fused-ring (bicyclic) bond motifs is 1. The molecule has 2 atom stereocenters. The normalized spacial score (nSPS) is 21.6. The van der Waals surface area contributed by atoms with Crippen LogP contribution in [-0.2, 0) is 10.0 Å². The third kappa shape index (κ3) is 3.16. The zero-order chi connectivity index (χ0) is 19.0. The average molecular weight is 388 g/mol. The van der Waals surface area contributed by atoms with E-state index in [2.05, 4.69) is 4.98 Å². The van der Waals surface area contributed by atoms with Gasteiger partial charge in [0.2, 0.25) is 10.0 Å². The van der Waals surface area contributed by atoms with Crippen LogP contribution in [0.3, 0.4) is 0 Å². The quantitative estimate of drug-likeness (QED) is 0.721. The van der Waals surface area contributed by atoms with Crippen LogP contribution in [0.2, 0.25) is 0 Å². The van der Waals surface area contributed by atoms with E-state index in [-0.39, 0.29) is 35.3 Å². The Morgan fingerprint density at radius 2 is 1.93 bits per heavy atom. The average Bonchev–Trinajstić information content (AvgIpc) is 3.14. The lowest BCUT2D eigenvalue weighted by atomic mass is 9.82. The fraction of sp³-hybridized carbons (Fsp3) is 0.300. The molecular weight excluding hydrogens is 367 g/mol. The maximum atomic E-state index is 14.3. The number of nitrogens with one attached hydrogen (secondary N) is 1. The Balaban J connectivity index is 1.65. The minimum absolute atomic E-state index is 0.0505. The number of benzene rings is 2. The molecule has 0 saturated carbocycles. The van der Waals surface area contributed by atoms with E-state index in [1.807, 2.05) is 30.3 Å². The summed E-state index contributed by atoms with van der Waals surface area (Å²) in [4.78, 5) is 2.79. The van der Waals surface area contributed by atoms with Gasteiger partial charge >= 0.3 is 0 Å². The van der Waals surface area contributed by atoms with Gasteiger partial charge in [-0.3, -0.25) is 0 Å². The highest BCUT2D eigenvalue weighted by Gasteiger charge is 2.37. The summed E-state index contributed by atoms with van der Waals surface area (Å²) in [5.41, 5.74) is 1.55. The van der Waals surface area contributed by atoms with E-state index in [1.165, 1.54) is 22.6 Å². The standard InChI is InChI=1S/C20H21FN2O3S/c21-17-7-4-8-18-20(17)19(11-22-18)27(25,26)23-10-9-16(15(12-23)13-24)14-5-2-1-3-6-14/h1-8,11,15-16,22,24H,9-10,12-13H2/t15-,16+/m1/s1. The molecule has 2 aromatic carbocycles. The molecule has 1 saturated heterocycles. The van der Waals surface area contributed by atoms with Gasteiger partial charge in [-0.25, -0.2) is 12.8 Å². The van der Waals surface area contributed by atoms with Crippen LogP contribution >= 0.6 is 0 Å². The number of aromatic amines is 1. The molecule has 0 spiro atoms. The molecule has 1 fully saturated rings. The van der Waals surface area contributed by atoms with Gasteiger partial charge in [-0.2, -0.15) is 4.31 Å². The van der Waals surface area contributed by atoms with E-state index in [0.29, 0.717) is 18.5 Å². The van der Waals surface area contributed by atoms with Crippen LogP contribution in [0, 0.1) is 11.7 Å². The summed E-state index contributed by atoms with van der Waals surface area (Å²) in [6.45, 7) is 0.437. The lowest BCUT2D eigenvalue weighted by molar-refractivity contribution is 0.145. The van der Waals surface area contributed by atoms with Crippen LogP contribution < -0.4 is 0 Å². The molecule has 0 radical (unpaired) electrons. The zero-order valence-electron chi connectivity index (χ0n) is 14.7. The highest BCUT2D eigenvalue weighted by atomic mass is 32.2. The summed E-state index contributed by atoms with van der Waals surface area (Å²) >= 11 is 0. The van der Waals surface area contributed by atoms with E-state index in [1.54, 1.807) is 6.07 Å². The van der Waals surface area contributed by atoms with Crippen LogP contribution in [-0.4, -0.2) is 42.5 Å². The van der Waals surface area contributed by atoms with Crippen molar-refractivity contribution in [3.8, 4) is 0 Å². The molecule has 2 N–H and O–H groups in total. The van der Waals surface area contributed by atoms with E-state index in [9.17, 15) is 17.9 Å². The SMILES string of the molecule is O=S(=O)(c1c[nH]c2cccc(F)c12)N1CC[C@@H](c2ccccc2)[C@@H](CO)C1. The Hall–Kier alpha value is -2.22. The van der Waals surface area contributed by atoms with E-state index in [0.717, 1.165) is 5.56 Å². The molecule has 0 bridgehead atoms. The predicted octanol–water partition coefficient (Wildman–Crippen LogP) is 3.09. The van der Waals surface area contributed by atoms with Gasteiger partial charge in [0.25, 0.3) is 0 Å². The summed E-state index contributed by atoms with van der Waals surface area (Å²) in [5.74, 6) is -0.668. The Labute approximate surface area is 157 Å². The zero-order valence-corrected chi connectivity index (χ0v) is 15.5. The largest absolute Gasteiger partial charge is 0.396 e. The van der Waals surface area contributed by atoms with E-state index < -0.39 is 15.8 Å². The summed E-state index contributed by atoms with van der Waals surface area (Å²) in [5, 5.41) is 9.95. The smallest absolute Gasteiger partial charge is 0.245 e. The number of nitrogens with zero attached hydrogens (tertiary/aromatic N) is 1. The second-order valence-electron chi connectivity index (χ2n) is 6.93. The van der Waals surface area contributed by atoms with Gasteiger partial charge < -0.3 is 10.1 Å². The van der Waals surface area contributed by atoms with E-state index in [4.69, 9.17) is 0 Å². The van der Waals surface area contributed by atoms with Crippen LogP contribution in [0.4, 0.5) is 4.39 Å². The molecule has 0 unspecified atom stereocenters. The number of piperidine rings is 1. The van der Waals surface area contributed by atoms with Crippen molar-refractivity contribution in [1.29, 1.82) is 0 Å². The number of sulfonamides is 1. The van der Waals surface area contributed by atoms with Crippen molar-refractivity contribution < 1.29 is 17.9 Å². The molecule has 1 aromatic heterocycles. The number of rotatable bonds is 4. The molecule has 7 heteroatoms. The summed E-state index contributed by atoms with van der Waals surface area (Å²) in [7, 11) is -3.87. The topological polar surface area (TPSA) is 73.4 Å². The molecule has 2 heterocycles. The third-order valence-electron chi connectivity index (χ3n) is 5.40. The molecule has 1 aliphatic rings. The van der Waals surface area contributed by atoms with Gasteiger partial charge in [0, 0.05) is 37.3 Å². The van der Waals surface area contributed by atoms with Crippen molar-refractivity contribution >= 4 is 20.9 Å². The number of aromatic nitrogens is 1. The summed E-state index contributed by atoms with van der Waals surface area (Å²) in [6, 6.07) is 14.3. The maximum Gasteiger partial charge on any atom is 0.245 e. The number of aliphatic hydroxyl groups is 1. The summed E-state index contributed by atoms with van der Waals surface area (Å²) < 4.78 is 42.0. The predicted molar refractivity (Wildman–Crippen MR) is 101 cm³/mol. The Kier molecular flexibility index (Phi) is 4.75.